The molecule has 0 spiro atoms. The Bertz CT molecular complexity index is 1400. The molecule has 5 rings (SSSR count). The van der Waals surface area contributed by atoms with Crippen LogP contribution in [0, 0.1) is 0 Å². The summed E-state index contributed by atoms with van der Waals surface area (Å²) in [5.41, 5.74) is 10.5. The first kappa shape index (κ1) is 21.5. The average molecular weight is 528 g/mol. The van der Waals surface area contributed by atoms with E-state index in [0.717, 1.165) is 27.6 Å². The molecule has 0 unspecified atom stereocenters. The molecule has 10 heteroatoms. The van der Waals surface area contributed by atoms with Crippen molar-refractivity contribution in [3.05, 3.63) is 80.0 Å². The van der Waals surface area contributed by atoms with Crippen LogP contribution in [0.4, 0.5) is 5.82 Å². The van der Waals surface area contributed by atoms with Crippen molar-refractivity contribution in [1.82, 2.24) is 25.4 Å². The van der Waals surface area contributed by atoms with Crippen molar-refractivity contribution in [3.8, 4) is 0 Å². The first-order valence-corrected chi connectivity index (χ1v) is 11.5. The molecule has 2 amide bonds. The number of aromatic amines is 2. The summed E-state index contributed by atoms with van der Waals surface area (Å²) in [5.74, 6) is -0.171. The fourth-order valence-corrected chi connectivity index (χ4v) is 4.84. The zero-order valence-electron chi connectivity index (χ0n) is 17.4. The fraction of sp³-hybridized carbons (Fsp3) is 0.174. The molecule has 8 nitrogen and oxygen atoms in total. The van der Waals surface area contributed by atoms with Gasteiger partial charge in [-0.2, -0.15) is 5.10 Å². The Morgan fingerprint density at radius 1 is 1.18 bits per heavy atom. The number of para-hydroxylation sites is 1. The van der Waals surface area contributed by atoms with Crippen LogP contribution in [0.1, 0.15) is 37.7 Å². The van der Waals surface area contributed by atoms with Crippen molar-refractivity contribution in [3.63, 3.8) is 0 Å². The number of amides is 2. The molecule has 2 aromatic carbocycles. The molecule has 33 heavy (non-hydrogen) atoms. The first-order chi connectivity index (χ1) is 15.9. The molecule has 1 aliphatic rings. The largest absolute Gasteiger partial charge is 0.381 e. The average Bonchev–Trinajstić information content (AvgIpc) is 3.35. The fourth-order valence-electron chi connectivity index (χ4n) is 4.20. The number of benzene rings is 2. The highest BCUT2D eigenvalue weighted by molar-refractivity contribution is 9.10. The molecule has 0 atom stereocenters. The van der Waals surface area contributed by atoms with E-state index in [1.54, 1.807) is 4.90 Å². The lowest BCUT2D eigenvalue weighted by molar-refractivity contribution is 0.0727. The van der Waals surface area contributed by atoms with Crippen LogP contribution in [0.5, 0.6) is 0 Å². The Morgan fingerprint density at radius 2 is 2.00 bits per heavy atom. The minimum absolute atomic E-state index is 0.163. The van der Waals surface area contributed by atoms with Gasteiger partial charge in [-0.05, 0) is 45.1 Å². The molecule has 2 aromatic heterocycles. The topological polar surface area (TPSA) is 120 Å². The number of carbonyl (C=O) groups is 2. The molecule has 3 heterocycles. The van der Waals surface area contributed by atoms with Crippen molar-refractivity contribution in [1.29, 1.82) is 0 Å². The number of nitrogens with one attached hydrogen (secondary N) is 3. The van der Waals surface area contributed by atoms with E-state index in [4.69, 9.17) is 17.3 Å². The number of hydrogen-bond acceptors (Lipinski definition) is 4. The Kier molecular flexibility index (Phi) is 5.59. The van der Waals surface area contributed by atoms with E-state index in [1.807, 2.05) is 42.5 Å². The molecule has 0 radical (unpaired) electrons. The molecule has 1 aliphatic heterocycles. The number of halogens is 2. The van der Waals surface area contributed by atoms with Gasteiger partial charge in [0.15, 0.2) is 5.82 Å². The minimum atomic E-state index is -0.261. The lowest BCUT2D eigenvalue weighted by Crippen LogP contribution is -2.37. The van der Waals surface area contributed by atoms with Gasteiger partial charge in [0.2, 0.25) is 0 Å². The zero-order chi connectivity index (χ0) is 23.1. The number of nitrogens with two attached hydrogens (primary N) is 1. The van der Waals surface area contributed by atoms with E-state index >= 15 is 0 Å². The van der Waals surface area contributed by atoms with Crippen molar-refractivity contribution in [2.45, 2.75) is 19.5 Å². The summed E-state index contributed by atoms with van der Waals surface area (Å²) in [4.78, 5) is 30.6. The molecule has 5 N–H and O–H groups in total. The normalized spacial score (nSPS) is 13.2. The Morgan fingerprint density at radius 3 is 2.76 bits per heavy atom. The second kappa shape index (κ2) is 8.57. The molecule has 0 fully saturated rings. The second-order valence-electron chi connectivity index (χ2n) is 7.87. The maximum atomic E-state index is 12.9. The third kappa shape index (κ3) is 3.87. The van der Waals surface area contributed by atoms with Gasteiger partial charge in [-0.15, -0.1) is 0 Å². The summed E-state index contributed by atoms with van der Waals surface area (Å²) in [6, 6.07) is 13.5. The van der Waals surface area contributed by atoms with E-state index < -0.39 is 0 Å². The molecule has 0 saturated heterocycles. The number of fused-ring (bicyclic) bond motifs is 2. The van der Waals surface area contributed by atoms with Gasteiger partial charge in [-0.25, -0.2) is 0 Å². The summed E-state index contributed by atoms with van der Waals surface area (Å²) in [7, 11) is 0. The van der Waals surface area contributed by atoms with E-state index in [1.165, 1.54) is 0 Å². The smallest absolute Gasteiger partial charge is 0.273 e. The van der Waals surface area contributed by atoms with E-state index in [9.17, 15) is 9.59 Å². The first-order valence-electron chi connectivity index (χ1n) is 10.4. The van der Waals surface area contributed by atoms with Crippen LogP contribution in [0.3, 0.4) is 0 Å². The van der Waals surface area contributed by atoms with Crippen LogP contribution in [-0.2, 0) is 19.5 Å². The molecular formula is C23H20BrClN6O2. The number of rotatable bonds is 4. The van der Waals surface area contributed by atoms with Gasteiger partial charge in [0.25, 0.3) is 11.8 Å². The van der Waals surface area contributed by atoms with Crippen LogP contribution in [-0.4, -0.2) is 38.4 Å². The van der Waals surface area contributed by atoms with E-state index in [0.29, 0.717) is 46.9 Å². The minimum Gasteiger partial charge on any atom is -0.381 e. The van der Waals surface area contributed by atoms with Crippen molar-refractivity contribution in [2.24, 2.45) is 0 Å². The van der Waals surface area contributed by atoms with Gasteiger partial charge in [0.05, 0.1) is 9.50 Å². The molecule has 0 bridgehead atoms. The van der Waals surface area contributed by atoms with Gasteiger partial charge < -0.3 is 20.9 Å². The Balaban J connectivity index is 1.31. The number of hydrogen-bond donors (Lipinski definition) is 4. The van der Waals surface area contributed by atoms with Gasteiger partial charge in [-0.3, -0.25) is 14.7 Å². The number of anilines is 1. The molecule has 168 valence electrons. The zero-order valence-corrected chi connectivity index (χ0v) is 19.8. The van der Waals surface area contributed by atoms with Crippen LogP contribution >= 0.6 is 27.5 Å². The van der Waals surface area contributed by atoms with Crippen molar-refractivity contribution >= 4 is 56.1 Å². The van der Waals surface area contributed by atoms with Gasteiger partial charge in [0, 0.05) is 30.5 Å². The summed E-state index contributed by atoms with van der Waals surface area (Å²) < 4.78 is 0.477. The second-order valence-corrected chi connectivity index (χ2v) is 9.04. The highest BCUT2D eigenvalue weighted by atomic mass is 79.9. The van der Waals surface area contributed by atoms with E-state index in [2.05, 4.69) is 36.4 Å². The third-order valence-corrected chi connectivity index (χ3v) is 7.10. The van der Waals surface area contributed by atoms with E-state index in [-0.39, 0.29) is 17.6 Å². The predicted molar refractivity (Wildman–Crippen MR) is 130 cm³/mol. The van der Waals surface area contributed by atoms with Crippen LogP contribution < -0.4 is 11.1 Å². The van der Waals surface area contributed by atoms with Crippen molar-refractivity contribution in [2.75, 3.05) is 12.3 Å². The van der Waals surface area contributed by atoms with Gasteiger partial charge >= 0.3 is 0 Å². The van der Waals surface area contributed by atoms with Crippen LogP contribution in [0.15, 0.2) is 46.9 Å². The lowest BCUT2D eigenvalue weighted by Gasteiger charge is -2.30. The third-order valence-electron chi connectivity index (χ3n) is 5.91. The summed E-state index contributed by atoms with van der Waals surface area (Å²) in [6.45, 7) is 1.38. The molecule has 4 aromatic rings. The van der Waals surface area contributed by atoms with Crippen molar-refractivity contribution < 1.29 is 9.59 Å². The number of H-pyrrole nitrogens is 2. The van der Waals surface area contributed by atoms with Crippen LogP contribution in [0.25, 0.3) is 10.9 Å². The van der Waals surface area contributed by atoms with Gasteiger partial charge in [-0.1, -0.05) is 48.0 Å². The summed E-state index contributed by atoms with van der Waals surface area (Å²) in [6.07, 6.45) is 0.682. The maximum absolute atomic E-state index is 12.9. The van der Waals surface area contributed by atoms with Crippen LogP contribution in [0.2, 0.25) is 5.02 Å². The monoisotopic (exact) mass is 526 g/mol. The molecular weight excluding hydrogens is 508 g/mol. The predicted octanol–water partition coefficient (Wildman–Crippen LogP) is 4.02. The summed E-state index contributed by atoms with van der Waals surface area (Å²) in [5, 5.41) is 10.8. The molecule has 0 aliphatic carbocycles. The highest BCUT2D eigenvalue weighted by Crippen LogP contribution is 2.29. The molecule has 0 saturated carbocycles. The Hall–Kier alpha value is -3.30. The lowest BCUT2D eigenvalue weighted by atomic mass is 9.94. The highest BCUT2D eigenvalue weighted by Gasteiger charge is 2.27. The number of nitrogens with zero attached hydrogens (tertiary/aromatic N) is 2. The number of carbonyl (C=O) groups excluding carboxylic acids is 2. The standard InChI is InChI=1S/C23H20BrClN6O2/c24-17-19(29-30-21(17)26)23(33)31-9-8-14-12(4-3-5-13(14)11-31)10-27-22(32)20-18(25)15-6-1-2-7-16(15)28-20/h1-7,28H,8-11H2,(H,27,32)(H3,26,29,30). The van der Waals surface area contributed by atoms with Gasteiger partial charge in [0.1, 0.15) is 11.4 Å². The summed E-state index contributed by atoms with van der Waals surface area (Å²) >= 11 is 9.72. The quantitative estimate of drug-likeness (QED) is 0.320. The maximum Gasteiger partial charge on any atom is 0.273 e. The number of nitrogen functional groups attached to an aromatic ring is 1. The SMILES string of the molecule is Nc1n[nH]c(C(=O)N2CCc3c(CNC(=O)c4[nH]c5ccccc5c4Cl)cccc3C2)c1Br. The number of aromatic nitrogens is 3. The Labute approximate surface area is 202 Å².